The first kappa shape index (κ1) is 12.6. The third-order valence-electron chi connectivity index (χ3n) is 3.96. The predicted molar refractivity (Wildman–Crippen MR) is 69.5 cm³/mol. The van der Waals surface area contributed by atoms with E-state index in [0.717, 1.165) is 12.3 Å². The Hall–Kier alpha value is -0.890. The Balaban J connectivity index is 1.96. The van der Waals surface area contributed by atoms with E-state index in [0.29, 0.717) is 6.04 Å². The van der Waals surface area contributed by atoms with Crippen LogP contribution in [0.25, 0.3) is 0 Å². The average Bonchev–Trinajstić information content (AvgIpc) is 2.39. The van der Waals surface area contributed by atoms with Gasteiger partial charge in [0.25, 0.3) is 0 Å². The zero-order valence-corrected chi connectivity index (χ0v) is 10.6. The van der Waals surface area contributed by atoms with Crippen LogP contribution < -0.4 is 5.32 Å². The molecule has 0 radical (unpaired) electrons. The molecule has 1 aliphatic carbocycles. The zero-order chi connectivity index (χ0) is 12.1. The van der Waals surface area contributed by atoms with Crippen LogP contribution in [0.4, 0.5) is 4.39 Å². The van der Waals surface area contributed by atoms with Crippen LogP contribution in [0, 0.1) is 11.7 Å². The van der Waals surface area contributed by atoms with Gasteiger partial charge in [0.15, 0.2) is 0 Å². The summed E-state index contributed by atoms with van der Waals surface area (Å²) < 4.78 is 12.8. The van der Waals surface area contributed by atoms with Gasteiger partial charge in [-0.2, -0.15) is 0 Å². The van der Waals surface area contributed by atoms with Crippen molar-refractivity contribution in [2.24, 2.45) is 5.92 Å². The summed E-state index contributed by atoms with van der Waals surface area (Å²) in [5.74, 6) is 0.645. The van der Waals surface area contributed by atoms with E-state index in [-0.39, 0.29) is 5.82 Å². The molecular formula is C15H22FN. The minimum Gasteiger partial charge on any atom is -0.316 e. The maximum atomic E-state index is 12.8. The fourth-order valence-corrected chi connectivity index (χ4v) is 2.92. The molecule has 0 heterocycles. The highest BCUT2D eigenvalue weighted by atomic mass is 19.1. The minimum atomic E-state index is -0.146. The monoisotopic (exact) mass is 235 g/mol. The molecule has 1 atom stereocenters. The molecule has 2 heteroatoms. The predicted octanol–water partition coefficient (Wildman–Crippen LogP) is 3.54. The zero-order valence-electron chi connectivity index (χ0n) is 10.6. The van der Waals surface area contributed by atoms with E-state index < -0.39 is 0 Å². The molecule has 1 nitrogen and oxygen atoms in total. The number of likely N-dealkylation sites (N-methyl/N-ethyl adjacent to an activating group) is 1. The normalized spacial score (nSPS) is 19.2. The van der Waals surface area contributed by atoms with Crippen molar-refractivity contribution in [3.8, 4) is 0 Å². The molecule has 0 bridgehead atoms. The minimum absolute atomic E-state index is 0.146. The molecule has 1 aliphatic rings. The Morgan fingerprint density at radius 3 is 2.41 bits per heavy atom. The summed E-state index contributed by atoms with van der Waals surface area (Å²) in [5.41, 5.74) is 1.23. The van der Waals surface area contributed by atoms with Crippen LogP contribution in [0.1, 0.15) is 37.7 Å². The third-order valence-corrected chi connectivity index (χ3v) is 3.96. The summed E-state index contributed by atoms with van der Waals surface area (Å²) in [6, 6.07) is 7.47. The molecule has 1 aromatic carbocycles. The second-order valence-corrected chi connectivity index (χ2v) is 5.12. The first-order valence-electron chi connectivity index (χ1n) is 6.71. The number of hydrogen-bond acceptors (Lipinski definition) is 1. The molecule has 1 N–H and O–H groups in total. The van der Waals surface area contributed by atoms with E-state index >= 15 is 0 Å². The van der Waals surface area contributed by atoms with Gasteiger partial charge in [-0.1, -0.05) is 31.4 Å². The number of nitrogens with one attached hydrogen (secondary N) is 1. The molecule has 1 fully saturated rings. The number of hydrogen-bond donors (Lipinski definition) is 1. The first-order chi connectivity index (χ1) is 8.29. The molecular weight excluding hydrogens is 213 g/mol. The van der Waals surface area contributed by atoms with Gasteiger partial charge in [-0.15, -0.1) is 0 Å². The van der Waals surface area contributed by atoms with Crippen LogP contribution in [-0.4, -0.2) is 13.1 Å². The summed E-state index contributed by atoms with van der Waals surface area (Å²) in [6.45, 7) is 0. The van der Waals surface area contributed by atoms with Crippen molar-refractivity contribution in [3.63, 3.8) is 0 Å². The van der Waals surface area contributed by atoms with Crippen molar-refractivity contribution >= 4 is 0 Å². The van der Waals surface area contributed by atoms with Crippen molar-refractivity contribution in [2.75, 3.05) is 7.05 Å². The molecule has 94 valence electrons. The molecule has 0 spiro atoms. The summed E-state index contributed by atoms with van der Waals surface area (Å²) in [7, 11) is 2.04. The standard InChI is InChI=1S/C15H22FN/c1-17-15(13-5-3-2-4-6-13)11-12-7-9-14(16)10-8-12/h7-10,13,15,17H,2-6,11H2,1H3. The summed E-state index contributed by atoms with van der Waals surface area (Å²) in [5, 5.41) is 3.44. The van der Waals surface area contributed by atoms with E-state index in [1.807, 2.05) is 19.2 Å². The van der Waals surface area contributed by atoms with Crippen molar-refractivity contribution in [3.05, 3.63) is 35.6 Å². The van der Waals surface area contributed by atoms with Crippen molar-refractivity contribution in [1.29, 1.82) is 0 Å². The van der Waals surface area contributed by atoms with Gasteiger partial charge in [0, 0.05) is 6.04 Å². The molecule has 0 saturated heterocycles. The Labute approximate surface area is 103 Å². The second kappa shape index (κ2) is 6.15. The second-order valence-electron chi connectivity index (χ2n) is 5.12. The van der Waals surface area contributed by atoms with Crippen LogP contribution in [-0.2, 0) is 6.42 Å². The van der Waals surface area contributed by atoms with Gasteiger partial charge in [-0.25, -0.2) is 4.39 Å². The molecule has 1 saturated carbocycles. The lowest BCUT2D eigenvalue weighted by Gasteiger charge is -2.30. The summed E-state index contributed by atoms with van der Waals surface area (Å²) in [4.78, 5) is 0. The smallest absolute Gasteiger partial charge is 0.123 e. The third kappa shape index (κ3) is 3.53. The van der Waals surface area contributed by atoms with Crippen LogP contribution in [0.15, 0.2) is 24.3 Å². The highest BCUT2D eigenvalue weighted by molar-refractivity contribution is 5.17. The van der Waals surface area contributed by atoms with Crippen LogP contribution >= 0.6 is 0 Å². The molecule has 0 amide bonds. The van der Waals surface area contributed by atoms with Gasteiger partial charge in [-0.05, 0) is 49.9 Å². The maximum Gasteiger partial charge on any atom is 0.123 e. The molecule has 1 aromatic rings. The van der Waals surface area contributed by atoms with E-state index in [1.165, 1.54) is 37.7 Å². The fraction of sp³-hybridized carbons (Fsp3) is 0.600. The Morgan fingerprint density at radius 1 is 1.18 bits per heavy atom. The van der Waals surface area contributed by atoms with Crippen molar-refractivity contribution < 1.29 is 4.39 Å². The Bertz CT molecular complexity index is 327. The van der Waals surface area contributed by atoms with Crippen LogP contribution in [0.3, 0.4) is 0 Å². The van der Waals surface area contributed by atoms with Gasteiger partial charge in [-0.3, -0.25) is 0 Å². The Morgan fingerprint density at radius 2 is 1.82 bits per heavy atom. The lowest BCUT2D eigenvalue weighted by Crippen LogP contribution is -2.36. The van der Waals surface area contributed by atoms with Gasteiger partial charge in [0.2, 0.25) is 0 Å². The average molecular weight is 235 g/mol. The number of halogens is 1. The number of benzene rings is 1. The molecule has 2 rings (SSSR count). The molecule has 17 heavy (non-hydrogen) atoms. The van der Waals surface area contributed by atoms with Crippen LogP contribution in [0.2, 0.25) is 0 Å². The highest BCUT2D eigenvalue weighted by Crippen LogP contribution is 2.27. The SMILES string of the molecule is CNC(Cc1ccc(F)cc1)C1CCCCC1. The largest absolute Gasteiger partial charge is 0.316 e. The summed E-state index contributed by atoms with van der Waals surface area (Å²) >= 11 is 0. The van der Waals surface area contributed by atoms with Crippen LogP contribution in [0.5, 0.6) is 0 Å². The first-order valence-corrected chi connectivity index (χ1v) is 6.71. The van der Waals surface area contributed by atoms with Gasteiger partial charge < -0.3 is 5.32 Å². The van der Waals surface area contributed by atoms with Crippen molar-refractivity contribution in [1.82, 2.24) is 5.32 Å². The number of rotatable bonds is 4. The molecule has 0 aromatic heterocycles. The topological polar surface area (TPSA) is 12.0 Å². The van der Waals surface area contributed by atoms with Gasteiger partial charge in [0.1, 0.15) is 5.82 Å². The van der Waals surface area contributed by atoms with Gasteiger partial charge in [0.05, 0.1) is 0 Å². The van der Waals surface area contributed by atoms with E-state index in [9.17, 15) is 4.39 Å². The van der Waals surface area contributed by atoms with Gasteiger partial charge >= 0.3 is 0 Å². The van der Waals surface area contributed by atoms with Crippen molar-refractivity contribution in [2.45, 2.75) is 44.6 Å². The highest BCUT2D eigenvalue weighted by Gasteiger charge is 2.22. The van der Waals surface area contributed by atoms with E-state index in [4.69, 9.17) is 0 Å². The summed E-state index contributed by atoms with van der Waals surface area (Å²) in [6.07, 6.45) is 7.82. The van der Waals surface area contributed by atoms with E-state index in [2.05, 4.69) is 5.32 Å². The lowest BCUT2D eigenvalue weighted by molar-refractivity contribution is 0.276. The molecule has 0 aliphatic heterocycles. The molecule has 1 unspecified atom stereocenters. The maximum absolute atomic E-state index is 12.8. The van der Waals surface area contributed by atoms with E-state index in [1.54, 1.807) is 12.1 Å². The quantitative estimate of drug-likeness (QED) is 0.841. The fourth-order valence-electron chi connectivity index (χ4n) is 2.92. The lowest BCUT2D eigenvalue weighted by atomic mass is 9.81. The Kier molecular flexibility index (Phi) is 4.55.